The molecule has 0 radical (unpaired) electrons. The number of rotatable bonds is 5. The van der Waals surface area contributed by atoms with Crippen molar-refractivity contribution in [2.75, 3.05) is 13.7 Å². The zero-order chi connectivity index (χ0) is 22.2. The second-order valence-corrected chi connectivity index (χ2v) is 8.42. The molecule has 4 rings (SSSR count). The van der Waals surface area contributed by atoms with Crippen LogP contribution in [0.25, 0.3) is 5.57 Å². The molecule has 1 heterocycles. The van der Waals surface area contributed by atoms with Crippen LogP contribution in [0.3, 0.4) is 0 Å². The molecule has 1 aliphatic heterocycles. The molecule has 164 valence electrons. The normalized spacial score (nSPS) is 25.2. The number of carbonyl (C=O) groups excluding carboxylic acids is 1. The minimum Gasteiger partial charge on any atom is -0.490 e. The van der Waals surface area contributed by atoms with Crippen molar-refractivity contribution in [1.82, 2.24) is 0 Å². The number of carbonyl (C=O) groups is 1. The third-order valence-corrected chi connectivity index (χ3v) is 6.07. The molecule has 0 N–H and O–H groups in total. The highest BCUT2D eigenvalue weighted by Crippen LogP contribution is 2.54. The molecule has 6 heteroatoms. The fourth-order valence-corrected chi connectivity index (χ4v) is 4.81. The van der Waals surface area contributed by atoms with Crippen LogP contribution < -0.4 is 4.74 Å². The Morgan fingerprint density at radius 2 is 1.84 bits per heavy atom. The van der Waals surface area contributed by atoms with Crippen molar-refractivity contribution < 1.29 is 27.8 Å². The summed E-state index contributed by atoms with van der Waals surface area (Å²) in [6.45, 7) is 4.09. The van der Waals surface area contributed by atoms with Crippen molar-refractivity contribution in [3.8, 4) is 5.75 Å². The van der Waals surface area contributed by atoms with E-state index in [9.17, 15) is 13.6 Å². The van der Waals surface area contributed by atoms with Crippen LogP contribution in [0.1, 0.15) is 43.7 Å². The average Bonchev–Trinajstić information content (AvgIpc) is 3.34. The Kier molecular flexibility index (Phi) is 5.84. The highest BCUT2D eigenvalue weighted by atomic mass is 19.1. The summed E-state index contributed by atoms with van der Waals surface area (Å²) in [4.78, 5) is 12.5. The Morgan fingerprint density at radius 1 is 1.13 bits per heavy atom. The largest absolute Gasteiger partial charge is 0.490 e. The van der Waals surface area contributed by atoms with Gasteiger partial charge in [-0.15, -0.1) is 0 Å². The van der Waals surface area contributed by atoms with E-state index in [2.05, 4.69) is 0 Å². The third kappa shape index (κ3) is 4.09. The van der Waals surface area contributed by atoms with E-state index in [1.807, 2.05) is 19.9 Å². The first kappa shape index (κ1) is 21.5. The maximum Gasteiger partial charge on any atom is 0.309 e. The van der Waals surface area contributed by atoms with Crippen molar-refractivity contribution >= 4 is 11.5 Å². The predicted molar refractivity (Wildman–Crippen MR) is 113 cm³/mol. The van der Waals surface area contributed by atoms with Gasteiger partial charge in [0, 0.05) is 11.5 Å². The quantitative estimate of drug-likeness (QED) is 0.609. The van der Waals surface area contributed by atoms with Crippen molar-refractivity contribution in [3.63, 3.8) is 0 Å². The second-order valence-electron chi connectivity index (χ2n) is 8.42. The highest BCUT2D eigenvalue weighted by molar-refractivity contribution is 5.77. The number of hydrogen-bond donors (Lipinski definition) is 0. The third-order valence-electron chi connectivity index (χ3n) is 6.07. The van der Waals surface area contributed by atoms with Crippen LogP contribution in [0.15, 0.2) is 48.5 Å². The molecule has 1 spiro atoms. The molecule has 0 saturated heterocycles. The Bertz CT molecular complexity index is 999. The lowest BCUT2D eigenvalue weighted by atomic mass is 9.79. The maximum absolute atomic E-state index is 14.1. The Balaban J connectivity index is 1.77. The van der Waals surface area contributed by atoms with Crippen LogP contribution in [-0.4, -0.2) is 31.4 Å². The summed E-state index contributed by atoms with van der Waals surface area (Å²) >= 11 is 0. The molecular formula is C25H26F2O4. The molecular weight excluding hydrogens is 402 g/mol. The molecule has 2 aliphatic rings. The molecule has 3 atom stereocenters. The molecule has 1 saturated carbocycles. The second kappa shape index (κ2) is 8.42. The van der Waals surface area contributed by atoms with Gasteiger partial charge in [0.25, 0.3) is 0 Å². The lowest BCUT2D eigenvalue weighted by molar-refractivity contribution is -0.146. The van der Waals surface area contributed by atoms with Gasteiger partial charge in [0.15, 0.2) is 0 Å². The first-order valence-corrected chi connectivity index (χ1v) is 10.5. The van der Waals surface area contributed by atoms with E-state index in [-0.39, 0.29) is 36.2 Å². The lowest BCUT2D eigenvalue weighted by Gasteiger charge is -2.31. The maximum atomic E-state index is 14.1. The zero-order valence-electron chi connectivity index (χ0n) is 17.9. The van der Waals surface area contributed by atoms with E-state index in [0.29, 0.717) is 24.2 Å². The molecule has 4 nitrogen and oxygen atoms in total. The molecule has 2 aromatic rings. The summed E-state index contributed by atoms with van der Waals surface area (Å²) in [6.07, 6.45) is 3.11. The molecule has 0 unspecified atom stereocenters. The van der Waals surface area contributed by atoms with Crippen LogP contribution in [0.5, 0.6) is 5.75 Å². The van der Waals surface area contributed by atoms with E-state index in [1.54, 1.807) is 18.2 Å². The SMILES string of the molecule is COC(=O)[C@H]1CC[C@@]2(C=C(c3cc(F)ccc3OC(C)C)CO2)[C@@H]1c1ccc(F)cc1. The van der Waals surface area contributed by atoms with Crippen LogP contribution in [0, 0.1) is 17.6 Å². The number of methoxy groups -OCH3 is 1. The van der Waals surface area contributed by atoms with Gasteiger partial charge in [-0.1, -0.05) is 12.1 Å². The van der Waals surface area contributed by atoms with Crippen LogP contribution in [0.2, 0.25) is 0 Å². The summed E-state index contributed by atoms with van der Waals surface area (Å²) in [6, 6.07) is 10.6. The molecule has 31 heavy (non-hydrogen) atoms. The summed E-state index contributed by atoms with van der Waals surface area (Å²) in [5.41, 5.74) is 1.51. The standard InChI is InChI=1S/C25H26F2O4/c1-15(2)31-22-9-8-19(27)12-21(22)17-13-25(30-14-17)11-10-20(24(28)29-3)23(25)16-4-6-18(26)7-5-16/h4-9,12-13,15,20,23H,10-11,14H2,1-3H3/t20-,23+,25+/m0/s1. The molecule has 0 aromatic heterocycles. The van der Waals surface area contributed by atoms with Crippen molar-refractivity contribution in [2.24, 2.45) is 5.92 Å². The van der Waals surface area contributed by atoms with Gasteiger partial charge in [-0.05, 0) is 74.2 Å². The van der Waals surface area contributed by atoms with E-state index in [4.69, 9.17) is 14.2 Å². The predicted octanol–water partition coefficient (Wildman–Crippen LogP) is 5.27. The Hall–Kier alpha value is -2.73. The molecule has 1 aliphatic carbocycles. The van der Waals surface area contributed by atoms with Crippen LogP contribution in [-0.2, 0) is 14.3 Å². The monoisotopic (exact) mass is 428 g/mol. The van der Waals surface area contributed by atoms with E-state index >= 15 is 0 Å². The smallest absolute Gasteiger partial charge is 0.309 e. The average molecular weight is 428 g/mol. The van der Waals surface area contributed by atoms with Gasteiger partial charge in [-0.3, -0.25) is 4.79 Å². The lowest BCUT2D eigenvalue weighted by Crippen LogP contribution is -2.34. The summed E-state index contributed by atoms with van der Waals surface area (Å²) in [5, 5.41) is 0. The summed E-state index contributed by atoms with van der Waals surface area (Å²) < 4.78 is 44.9. The van der Waals surface area contributed by atoms with Gasteiger partial charge >= 0.3 is 5.97 Å². The molecule has 0 bridgehead atoms. The van der Waals surface area contributed by atoms with E-state index in [0.717, 1.165) is 11.1 Å². The number of halogens is 2. The first-order chi connectivity index (χ1) is 14.8. The minimum absolute atomic E-state index is 0.0664. The van der Waals surface area contributed by atoms with Gasteiger partial charge in [0.1, 0.15) is 17.4 Å². The fraction of sp³-hybridized carbons (Fsp3) is 0.400. The zero-order valence-corrected chi connectivity index (χ0v) is 17.9. The Morgan fingerprint density at radius 3 is 2.52 bits per heavy atom. The number of benzene rings is 2. The van der Waals surface area contributed by atoms with Crippen LogP contribution >= 0.6 is 0 Å². The number of ether oxygens (including phenoxy) is 3. The number of esters is 1. The Labute approximate surface area is 180 Å². The summed E-state index contributed by atoms with van der Waals surface area (Å²) in [5.74, 6) is -1.17. The van der Waals surface area contributed by atoms with E-state index in [1.165, 1.54) is 31.4 Å². The van der Waals surface area contributed by atoms with Gasteiger partial charge < -0.3 is 14.2 Å². The topological polar surface area (TPSA) is 44.8 Å². The van der Waals surface area contributed by atoms with Crippen molar-refractivity contribution in [3.05, 3.63) is 71.3 Å². The summed E-state index contributed by atoms with van der Waals surface area (Å²) in [7, 11) is 1.37. The molecule has 1 fully saturated rings. The van der Waals surface area contributed by atoms with Crippen molar-refractivity contribution in [2.45, 2.75) is 44.3 Å². The van der Waals surface area contributed by atoms with Gasteiger partial charge in [0.2, 0.25) is 0 Å². The number of hydrogen-bond acceptors (Lipinski definition) is 4. The first-order valence-electron chi connectivity index (χ1n) is 10.5. The highest BCUT2D eigenvalue weighted by Gasteiger charge is 2.54. The minimum atomic E-state index is -0.757. The van der Waals surface area contributed by atoms with E-state index < -0.39 is 11.5 Å². The molecule has 2 aromatic carbocycles. The fourth-order valence-electron chi connectivity index (χ4n) is 4.81. The molecule has 0 amide bonds. The van der Waals surface area contributed by atoms with Crippen LogP contribution in [0.4, 0.5) is 8.78 Å². The van der Waals surface area contributed by atoms with Gasteiger partial charge in [0.05, 0.1) is 31.3 Å². The van der Waals surface area contributed by atoms with Gasteiger partial charge in [-0.25, -0.2) is 8.78 Å². The van der Waals surface area contributed by atoms with Crippen molar-refractivity contribution in [1.29, 1.82) is 0 Å². The van der Waals surface area contributed by atoms with Gasteiger partial charge in [-0.2, -0.15) is 0 Å².